The molecule has 1 unspecified atom stereocenters. The number of carbonyl (C=O) groups is 2. The molecule has 2 aliphatic heterocycles. The molecule has 0 radical (unpaired) electrons. The molecule has 1 saturated carbocycles. The van der Waals surface area contributed by atoms with Gasteiger partial charge in [0.15, 0.2) is 10.9 Å². The Balaban J connectivity index is 1.14. The van der Waals surface area contributed by atoms with Gasteiger partial charge in [0.1, 0.15) is 17.4 Å². The molecule has 7 rings (SSSR count). The van der Waals surface area contributed by atoms with Crippen LogP contribution in [0.25, 0.3) is 21.5 Å². The standard InChI is InChI=1S/C30H26F3N3O5S/c1-14-10-16(27(37)38)11-22-24(14)34-29(42-22)36-17-8-9-18(36)13-19(12-17)40-28(39)23-25(35-41-26(23)15-6-7-15)20-4-2-3-5-21(20)30(31,32)33/h2-5,10-11,15,17-19H,6-9,12-13H2,1H3,(H,37,38)/t17-,18+,19?. The Kier molecular flexibility index (Phi) is 6.30. The van der Waals surface area contributed by atoms with Crippen molar-refractivity contribution in [2.75, 3.05) is 4.90 Å². The van der Waals surface area contributed by atoms with Crippen molar-refractivity contribution in [3.05, 3.63) is 64.4 Å². The number of carbonyl (C=O) groups excluding carboxylic acids is 1. The lowest BCUT2D eigenvalue weighted by molar-refractivity contribution is -0.137. The van der Waals surface area contributed by atoms with Crippen molar-refractivity contribution >= 4 is 38.6 Å². The number of thiazole rings is 1. The van der Waals surface area contributed by atoms with Crippen LogP contribution in [0.4, 0.5) is 18.3 Å². The van der Waals surface area contributed by atoms with Crippen molar-refractivity contribution in [1.82, 2.24) is 10.1 Å². The van der Waals surface area contributed by atoms with E-state index in [0.29, 0.717) is 12.8 Å². The molecule has 3 atom stereocenters. The maximum absolute atomic E-state index is 13.8. The number of carboxylic acid groups (broad SMARTS) is 1. The van der Waals surface area contributed by atoms with E-state index in [-0.39, 0.29) is 46.1 Å². The van der Waals surface area contributed by atoms with E-state index in [1.807, 2.05) is 6.92 Å². The number of rotatable bonds is 6. The van der Waals surface area contributed by atoms with Gasteiger partial charge in [-0.25, -0.2) is 14.6 Å². The number of hydrogen-bond donors (Lipinski definition) is 1. The summed E-state index contributed by atoms with van der Waals surface area (Å²) in [6.07, 6.45) is -0.628. The first kappa shape index (κ1) is 26.9. The van der Waals surface area contributed by atoms with Crippen LogP contribution in [0.2, 0.25) is 0 Å². The summed E-state index contributed by atoms with van der Waals surface area (Å²) in [7, 11) is 0. The van der Waals surface area contributed by atoms with E-state index in [1.54, 1.807) is 12.1 Å². The molecule has 2 saturated heterocycles. The zero-order chi connectivity index (χ0) is 29.3. The number of fused-ring (bicyclic) bond motifs is 3. The van der Waals surface area contributed by atoms with Gasteiger partial charge in [0.05, 0.1) is 21.3 Å². The quantitative estimate of drug-likeness (QED) is 0.233. The molecule has 0 amide bonds. The number of aromatic carboxylic acids is 1. The minimum absolute atomic E-state index is 0.0140. The average Bonchev–Trinajstić information content (AvgIpc) is 3.43. The molecule has 1 aliphatic carbocycles. The Morgan fingerprint density at radius 2 is 1.81 bits per heavy atom. The van der Waals surface area contributed by atoms with Gasteiger partial charge in [-0.2, -0.15) is 13.2 Å². The zero-order valence-electron chi connectivity index (χ0n) is 22.5. The zero-order valence-corrected chi connectivity index (χ0v) is 23.3. The number of alkyl halides is 3. The molecule has 1 N–H and O–H groups in total. The number of piperidine rings is 1. The van der Waals surface area contributed by atoms with Crippen molar-refractivity contribution in [2.24, 2.45) is 0 Å². The molecule has 8 nitrogen and oxygen atoms in total. The smallest absolute Gasteiger partial charge is 0.417 e. The molecular weight excluding hydrogens is 571 g/mol. The Morgan fingerprint density at radius 1 is 1.10 bits per heavy atom. The summed E-state index contributed by atoms with van der Waals surface area (Å²) in [5.41, 5.74) is 0.551. The van der Waals surface area contributed by atoms with E-state index in [4.69, 9.17) is 14.2 Å². The number of hydrogen-bond acceptors (Lipinski definition) is 8. The van der Waals surface area contributed by atoms with Gasteiger partial charge in [0, 0.05) is 36.4 Å². The average molecular weight is 598 g/mol. The number of nitrogens with zero attached hydrogens (tertiary/aromatic N) is 3. The first-order chi connectivity index (χ1) is 20.1. The van der Waals surface area contributed by atoms with Crippen LogP contribution in [-0.4, -0.2) is 45.4 Å². The minimum Gasteiger partial charge on any atom is -0.478 e. The second-order valence-electron chi connectivity index (χ2n) is 11.3. The van der Waals surface area contributed by atoms with Crippen LogP contribution in [0.5, 0.6) is 0 Å². The van der Waals surface area contributed by atoms with E-state index in [0.717, 1.165) is 52.7 Å². The highest BCUT2D eigenvalue weighted by atomic mass is 32.1. The predicted octanol–water partition coefficient (Wildman–Crippen LogP) is 7.21. The van der Waals surface area contributed by atoms with Crippen LogP contribution in [0.1, 0.15) is 82.0 Å². The van der Waals surface area contributed by atoms with E-state index in [9.17, 15) is 27.9 Å². The van der Waals surface area contributed by atoms with Crippen LogP contribution < -0.4 is 4.90 Å². The van der Waals surface area contributed by atoms with Crippen LogP contribution in [0.3, 0.4) is 0 Å². The first-order valence-corrected chi connectivity index (χ1v) is 14.7. The van der Waals surface area contributed by atoms with Crippen molar-refractivity contribution in [3.63, 3.8) is 0 Å². The van der Waals surface area contributed by atoms with Gasteiger partial charge in [-0.15, -0.1) is 0 Å². The minimum atomic E-state index is -4.63. The summed E-state index contributed by atoms with van der Waals surface area (Å²) < 4.78 is 53.7. The molecule has 2 aromatic carbocycles. The number of benzene rings is 2. The number of aryl methyl sites for hydroxylation is 1. The summed E-state index contributed by atoms with van der Waals surface area (Å²) in [4.78, 5) is 32.3. The molecular formula is C30H26F3N3O5S. The van der Waals surface area contributed by atoms with Crippen molar-refractivity contribution in [1.29, 1.82) is 0 Å². The number of ether oxygens (including phenoxy) is 1. The van der Waals surface area contributed by atoms with E-state index < -0.39 is 29.8 Å². The number of carboxylic acids is 1. The summed E-state index contributed by atoms with van der Waals surface area (Å²) in [6, 6.07) is 8.44. The van der Waals surface area contributed by atoms with Gasteiger partial charge in [0.2, 0.25) is 0 Å². The van der Waals surface area contributed by atoms with Crippen LogP contribution in [-0.2, 0) is 10.9 Å². The summed E-state index contributed by atoms with van der Waals surface area (Å²) >= 11 is 1.46. The molecule has 42 heavy (non-hydrogen) atoms. The summed E-state index contributed by atoms with van der Waals surface area (Å²) in [5.74, 6) is -1.47. The fourth-order valence-electron chi connectivity index (χ4n) is 6.41. The highest BCUT2D eigenvalue weighted by Gasteiger charge is 2.45. The Morgan fingerprint density at radius 3 is 2.48 bits per heavy atom. The third-order valence-electron chi connectivity index (χ3n) is 8.46. The van der Waals surface area contributed by atoms with Crippen molar-refractivity contribution in [3.8, 4) is 11.3 Å². The van der Waals surface area contributed by atoms with Gasteiger partial charge < -0.3 is 19.3 Å². The molecule has 3 fully saturated rings. The molecule has 12 heteroatoms. The maximum Gasteiger partial charge on any atom is 0.417 e. The highest BCUT2D eigenvalue weighted by molar-refractivity contribution is 7.22. The second kappa shape index (κ2) is 9.82. The van der Waals surface area contributed by atoms with Gasteiger partial charge in [-0.05, 0) is 56.4 Å². The molecule has 3 aliphatic rings. The number of anilines is 1. The number of esters is 1. The van der Waals surface area contributed by atoms with Gasteiger partial charge in [-0.3, -0.25) is 0 Å². The normalized spacial score (nSPS) is 22.1. The molecule has 4 heterocycles. The van der Waals surface area contributed by atoms with Crippen LogP contribution in [0, 0.1) is 6.92 Å². The SMILES string of the molecule is Cc1cc(C(=O)O)cc2sc(N3[C@@H]4CC[C@H]3CC(OC(=O)c3c(-c5ccccc5C(F)(F)F)noc3C3CC3)C4)nc12. The largest absolute Gasteiger partial charge is 0.478 e. The topological polar surface area (TPSA) is 106 Å². The molecule has 2 aromatic heterocycles. The summed E-state index contributed by atoms with van der Waals surface area (Å²) in [6.45, 7) is 1.85. The highest BCUT2D eigenvalue weighted by Crippen LogP contribution is 2.47. The lowest BCUT2D eigenvalue weighted by Gasteiger charge is -2.38. The lowest BCUT2D eigenvalue weighted by Crippen LogP contribution is -2.46. The number of halogens is 3. The predicted molar refractivity (Wildman–Crippen MR) is 148 cm³/mol. The Labute approximate surface area is 242 Å². The second-order valence-corrected chi connectivity index (χ2v) is 12.3. The Hall–Kier alpha value is -3.93. The monoisotopic (exact) mass is 597 g/mol. The van der Waals surface area contributed by atoms with E-state index >= 15 is 0 Å². The maximum atomic E-state index is 13.8. The fourth-order valence-corrected chi connectivity index (χ4v) is 7.64. The third-order valence-corrected chi connectivity index (χ3v) is 9.48. The first-order valence-electron chi connectivity index (χ1n) is 13.9. The van der Waals surface area contributed by atoms with E-state index in [1.165, 1.54) is 29.5 Å². The van der Waals surface area contributed by atoms with Crippen LogP contribution in [0.15, 0.2) is 40.9 Å². The van der Waals surface area contributed by atoms with Gasteiger partial charge >= 0.3 is 18.1 Å². The molecule has 2 bridgehead atoms. The van der Waals surface area contributed by atoms with Crippen LogP contribution >= 0.6 is 11.3 Å². The Bertz CT molecular complexity index is 1710. The molecule has 4 aromatic rings. The van der Waals surface area contributed by atoms with Gasteiger partial charge in [-0.1, -0.05) is 34.7 Å². The van der Waals surface area contributed by atoms with Crippen molar-refractivity contribution < 1.29 is 37.1 Å². The summed E-state index contributed by atoms with van der Waals surface area (Å²) in [5, 5.41) is 14.2. The molecule has 218 valence electrons. The third kappa shape index (κ3) is 4.61. The fraction of sp³-hybridized carbons (Fsp3) is 0.400. The van der Waals surface area contributed by atoms with Crippen molar-refractivity contribution in [2.45, 2.75) is 75.7 Å². The lowest BCUT2D eigenvalue weighted by atomic mass is 9.98. The number of aromatic nitrogens is 2. The van der Waals surface area contributed by atoms with Gasteiger partial charge in [0.25, 0.3) is 0 Å². The van der Waals surface area contributed by atoms with E-state index in [2.05, 4.69) is 10.1 Å². The molecule has 0 spiro atoms.